The summed E-state index contributed by atoms with van der Waals surface area (Å²) in [6.45, 7) is 2.96. The number of aliphatic carboxylic acids is 1. The zero-order valence-electron chi connectivity index (χ0n) is 10.2. The van der Waals surface area contributed by atoms with E-state index in [1.54, 1.807) is 0 Å². The van der Waals surface area contributed by atoms with Gasteiger partial charge < -0.3 is 10.0 Å². The number of anilines is 1. The van der Waals surface area contributed by atoms with Crippen molar-refractivity contribution in [1.29, 1.82) is 0 Å². The number of carbonyl (C=O) groups is 1. The van der Waals surface area contributed by atoms with E-state index in [-0.39, 0.29) is 0 Å². The van der Waals surface area contributed by atoms with E-state index in [0.717, 1.165) is 12.1 Å². The molecule has 0 aliphatic rings. The summed E-state index contributed by atoms with van der Waals surface area (Å²) in [5, 5.41) is 9.04. The number of hydrogen-bond acceptors (Lipinski definition) is 2. The second kappa shape index (κ2) is 4.51. The molecule has 3 nitrogen and oxygen atoms in total. The largest absolute Gasteiger partial charge is 0.480 e. The number of alkyl halides is 3. The standard InChI is InChI=1S/C12H14F3NO2/c1-11(2,10(17)18)16(3)9-6-4-8(5-7-9)12(13,14)15/h4-7H,1-3H3,(H,17,18). The monoisotopic (exact) mass is 261 g/mol. The lowest BCUT2D eigenvalue weighted by atomic mass is 10.0. The van der Waals surface area contributed by atoms with E-state index in [1.807, 2.05) is 0 Å². The van der Waals surface area contributed by atoms with Gasteiger partial charge >= 0.3 is 12.1 Å². The predicted molar refractivity (Wildman–Crippen MR) is 61.6 cm³/mol. The number of carboxylic acids is 1. The highest BCUT2D eigenvalue weighted by Gasteiger charge is 2.33. The maximum Gasteiger partial charge on any atom is 0.416 e. The van der Waals surface area contributed by atoms with Crippen molar-refractivity contribution in [2.45, 2.75) is 25.6 Å². The molecule has 0 aliphatic carbocycles. The van der Waals surface area contributed by atoms with Crippen LogP contribution >= 0.6 is 0 Å². The Morgan fingerprint density at radius 2 is 1.61 bits per heavy atom. The molecular formula is C12H14F3NO2. The normalized spacial score (nSPS) is 12.3. The molecule has 0 unspecified atom stereocenters. The van der Waals surface area contributed by atoms with Crippen LogP contribution in [-0.4, -0.2) is 23.7 Å². The molecule has 0 aromatic heterocycles. The second-order valence-corrected chi connectivity index (χ2v) is 4.47. The van der Waals surface area contributed by atoms with Crippen LogP contribution in [-0.2, 0) is 11.0 Å². The molecule has 100 valence electrons. The highest BCUT2D eigenvalue weighted by molar-refractivity contribution is 5.82. The number of carboxylic acid groups (broad SMARTS) is 1. The van der Waals surface area contributed by atoms with E-state index in [2.05, 4.69) is 0 Å². The van der Waals surface area contributed by atoms with Gasteiger partial charge in [-0.15, -0.1) is 0 Å². The molecule has 1 aromatic rings. The lowest BCUT2D eigenvalue weighted by Crippen LogP contribution is -2.48. The van der Waals surface area contributed by atoms with Gasteiger partial charge in [0.15, 0.2) is 0 Å². The molecule has 0 bridgehead atoms. The van der Waals surface area contributed by atoms with Gasteiger partial charge in [-0.25, -0.2) is 4.79 Å². The van der Waals surface area contributed by atoms with Crippen molar-refractivity contribution in [3.63, 3.8) is 0 Å². The number of likely N-dealkylation sites (N-methyl/N-ethyl adjacent to an activating group) is 1. The Labute approximate surface area is 103 Å². The van der Waals surface area contributed by atoms with E-state index >= 15 is 0 Å². The average Bonchev–Trinajstić information content (AvgIpc) is 2.26. The van der Waals surface area contributed by atoms with Crippen LogP contribution in [0, 0.1) is 0 Å². The molecule has 0 aliphatic heterocycles. The van der Waals surface area contributed by atoms with Crippen LogP contribution in [0.3, 0.4) is 0 Å². The summed E-state index contributed by atoms with van der Waals surface area (Å²) in [5.74, 6) is -1.05. The van der Waals surface area contributed by atoms with Crippen molar-refractivity contribution in [2.75, 3.05) is 11.9 Å². The highest BCUT2D eigenvalue weighted by atomic mass is 19.4. The van der Waals surface area contributed by atoms with E-state index < -0.39 is 23.2 Å². The number of rotatable bonds is 3. The van der Waals surface area contributed by atoms with Gasteiger partial charge in [0, 0.05) is 12.7 Å². The maximum absolute atomic E-state index is 12.4. The Balaban J connectivity index is 3.03. The van der Waals surface area contributed by atoms with Crippen LogP contribution in [0.25, 0.3) is 0 Å². The van der Waals surface area contributed by atoms with Crippen LogP contribution in [0.5, 0.6) is 0 Å². The van der Waals surface area contributed by atoms with Crippen molar-refractivity contribution in [2.24, 2.45) is 0 Å². The second-order valence-electron chi connectivity index (χ2n) is 4.47. The van der Waals surface area contributed by atoms with E-state index in [0.29, 0.717) is 5.69 Å². The molecule has 0 saturated heterocycles. The van der Waals surface area contributed by atoms with Crippen LogP contribution in [0.15, 0.2) is 24.3 Å². The lowest BCUT2D eigenvalue weighted by Gasteiger charge is -2.33. The first-order valence-corrected chi connectivity index (χ1v) is 5.21. The predicted octanol–water partition coefficient (Wildman–Crippen LogP) is 3.00. The van der Waals surface area contributed by atoms with Crippen LogP contribution in [0.4, 0.5) is 18.9 Å². The zero-order chi connectivity index (χ0) is 14.1. The third-order valence-corrected chi connectivity index (χ3v) is 2.94. The Bertz CT molecular complexity index is 438. The van der Waals surface area contributed by atoms with E-state index in [1.165, 1.54) is 37.9 Å². The minimum Gasteiger partial charge on any atom is -0.480 e. The van der Waals surface area contributed by atoms with Crippen LogP contribution in [0.1, 0.15) is 19.4 Å². The van der Waals surface area contributed by atoms with E-state index in [9.17, 15) is 18.0 Å². The molecule has 1 rings (SSSR count). The summed E-state index contributed by atoms with van der Waals surface area (Å²) in [7, 11) is 1.52. The van der Waals surface area contributed by atoms with E-state index in [4.69, 9.17) is 5.11 Å². The first-order chi connectivity index (χ1) is 8.06. The fourth-order valence-electron chi connectivity index (χ4n) is 1.34. The fourth-order valence-corrected chi connectivity index (χ4v) is 1.34. The third-order valence-electron chi connectivity index (χ3n) is 2.94. The molecule has 0 amide bonds. The van der Waals surface area contributed by atoms with Crippen molar-refractivity contribution < 1.29 is 23.1 Å². The molecule has 1 N–H and O–H groups in total. The van der Waals surface area contributed by atoms with Gasteiger partial charge in [-0.2, -0.15) is 13.2 Å². The summed E-state index contributed by atoms with van der Waals surface area (Å²) in [4.78, 5) is 12.5. The van der Waals surface area contributed by atoms with Crippen LogP contribution in [0.2, 0.25) is 0 Å². The van der Waals surface area contributed by atoms with Crippen molar-refractivity contribution >= 4 is 11.7 Å². The fraction of sp³-hybridized carbons (Fsp3) is 0.417. The summed E-state index contributed by atoms with van der Waals surface area (Å²) in [6.07, 6.45) is -4.39. The minimum atomic E-state index is -4.39. The summed E-state index contributed by atoms with van der Waals surface area (Å²) in [5.41, 5.74) is -1.54. The van der Waals surface area contributed by atoms with Gasteiger partial charge in [0.05, 0.1) is 5.56 Å². The summed E-state index contributed by atoms with van der Waals surface area (Å²) in [6, 6.07) is 4.38. The Kier molecular flexibility index (Phi) is 3.59. The summed E-state index contributed by atoms with van der Waals surface area (Å²) < 4.78 is 37.1. The molecule has 6 heteroatoms. The molecule has 0 heterocycles. The number of benzene rings is 1. The van der Waals surface area contributed by atoms with Crippen molar-refractivity contribution in [1.82, 2.24) is 0 Å². The SMILES string of the molecule is CN(c1ccc(C(F)(F)F)cc1)C(C)(C)C(=O)O. The first kappa shape index (κ1) is 14.3. The number of hydrogen-bond donors (Lipinski definition) is 1. The average molecular weight is 261 g/mol. The Hall–Kier alpha value is -1.72. The van der Waals surface area contributed by atoms with Gasteiger partial charge in [-0.1, -0.05) is 0 Å². The highest BCUT2D eigenvalue weighted by Crippen LogP contribution is 2.31. The smallest absolute Gasteiger partial charge is 0.416 e. The Morgan fingerprint density at radius 1 is 1.17 bits per heavy atom. The molecular weight excluding hydrogens is 247 g/mol. The molecule has 0 spiro atoms. The summed E-state index contributed by atoms with van der Waals surface area (Å²) >= 11 is 0. The molecule has 0 atom stereocenters. The number of nitrogens with zero attached hydrogens (tertiary/aromatic N) is 1. The topological polar surface area (TPSA) is 40.5 Å². The third kappa shape index (κ3) is 2.75. The van der Waals surface area contributed by atoms with Gasteiger partial charge in [-0.05, 0) is 38.1 Å². The molecule has 0 radical (unpaired) electrons. The molecule has 0 saturated carbocycles. The van der Waals surface area contributed by atoms with Gasteiger partial charge in [0.1, 0.15) is 5.54 Å². The quantitative estimate of drug-likeness (QED) is 0.909. The molecule has 18 heavy (non-hydrogen) atoms. The van der Waals surface area contributed by atoms with Gasteiger partial charge in [0.2, 0.25) is 0 Å². The molecule has 0 fully saturated rings. The van der Waals surface area contributed by atoms with Gasteiger partial charge in [0.25, 0.3) is 0 Å². The van der Waals surface area contributed by atoms with Crippen molar-refractivity contribution in [3.05, 3.63) is 29.8 Å². The van der Waals surface area contributed by atoms with Crippen molar-refractivity contribution in [3.8, 4) is 0 Å². The Morgan fingerprint density at radius 3 is 1.94 bits per heavy atom. The minimum absolute atomic E-state index is 0.412. The first-order valence-electron chi connectivity index (χ1n) is 5.21. The number of halogens is 3. The lowest BCUT2D eigenvalue weighted by molar-refractivity contribution is -0.142. The van der Waals surface area contributed by atoms with Gasteiger partial charge in [-0.3, -0.25) is 0 Å². The maximum atomic E-state index is 12.4. The molecule has 1 aromatic carbocycles. The van der Waals surface area contributed by atoms with Crippen LogP contribution < -0.4 is 4.90 Å². The zero-order valence-corrected chi connectivity index (χ0v) is 10.2.